The van der Waals surface area contributed by atoms with Crippen LogP contribution in [0.2, 0.25) is 0 Å². The van der Waals surface area contributed by atoms with Gasteiger partial charge in [0.25, 0.3) is 0 Å². The van der Waals surface area contributed by atoms with Crippen LogP contribution in [0.15, 0.2) is 24.3 Å². The SMILES string of the molecule is CCC(C)C(=O)N(C)C(C)c1ccc(OC)cc1. The van der Waals surface area contributed by atoms with E-state index in [0.717, 1.165) is 17.7 Å². The van der Waals surface area contributed by atoms with Crippen molar-refractivity contribution in [3.05, 3.63) is 29.8 Å². The first-order chi connectivity index (χ1) is 8.51. The number of hydrogen-bond donors (Lipinski definition) is 0. The summed E-state index contributed by atoms with van der Waals surface area (Å²) in [7, 11) is 3.51. The Morgan fingerprint density at radius 1 is 1.28 bits per heavy atom. The van der Waals surface area contributed by atoms with Crippen molar-refractivity contribution in [2.75, 3.05) is 14.2 Å². The maximum Gasteiger partial charge on any atom is 0.225 e. The van der Waals surface area contributed by atoms with Gasteiger partial charge >= 0.3 is 0 Å². The number of carbonyl (C=O) groups excluding carboxylic acids is 1. The fourth-order valence-electron chi connectivity index (χ4n) is 1.82. The second kappa shape index (κ2) is 6.43. The molecule has 3 nitrogen and oxygen atoms in total. The largest absolute Gasteiger partial charge is 0.497 e. The van der Waals surface area contributed by atoms with Crippen LogP contribution in [-0.2, 0) is 4.79 Å². The predicted octanol–water partition coefficient (Wildman–Crippen LogP) is 3.26. The molecule has 0 heterocycles. The average molecular weight is 249 g/mol. The van der Waals surface area contributed by atoms with Crippen LogP contribution in [0.3, 0.4) is 0 Å². The third-order valence-corrected chi connectivity index (χ3v) is 3.56. The zero-order chi connectivity index (χ0) is 13.7. The van der Waals surface area contributed by atoms with Crippen molar-refractivity contribution < 1.29 is 9.53 Å². The molecule has 1 rings (SSSR count). The topological polar surface area (TPSA) is 29.5 Å². The smallest absolute Gasteiger partial charge is 0.225 e. The number of methoxy groups -OCH3 is 1. The van der Waals surface area contributed by atoms with E-state index in [9.17, 15) is 4.79 Å². The molecule has 0 radical (unpaired) electrons. The summed E-state index contributed by atoms with van der Waals surface area (Å²) < 4.78 is 5.13. The van der Waals surface area contributed by atoms with Crippen molar-refractivity contribution in [3.63, 3.8) is 0 Å². The number of amides is 1. The van der Waals surface area contributed by atoms with Crippen molar-refractivity contribution in [2.24, 2.45) is 5.92 Å². The summed E-state index contributed by atoms with van der Waals surface area (Å²) in [5, 5.41) is 0. The third kappa shape index (κ3) is 3.25. The molecule has 18 heavy (non-hydrogen) atoms. The Kier molecular flexibility index (Phi) is 5.20. The van der Waals surface area contributed by atoms with E-state index < -0.39 is 0 Å². The van der Waals surface area contributed by atoms with Crippen LogP contribution in [0, 0.1) is 5.92 Å². The molecule has 0 N–H and O–H groups in total. The summed E-state index contributed by atoms with van der Waals surface area (Å²) in [4.78, 5) is 13.9. The van der Waals surface area contributed by atoms with Crippen LogP contribution in [0.4, 0.5) is 0 Å². The van der Waals surface area contributed by atoms with Gasteiger partial charge in [0.05, 0.1) is 13.2 Å². The van der Waals surface area contributed by atoms with Crippen molar-refractivity contribution in [1.29, 1.82) is 0 Å². The van der Waals surface area contributed by atoms with E-state index in [4.69, 9.17) is 4.74 Å². The first kappa shape index (κ1) is 14.6. The summed E-state index contributed by atoms with van der Waals surface area (Å²) in [5.41, 5.74) is 1.12. The molecule has 0 bridgehead atoms. The van der Waals surface area contributed by atoms with Gasteiger partial charge in [0.1, 0.15) is 5.75 Å². The van der Waals surface area contributed by atoms with Gasteiger partial charge in [-0.2, -0.15) is 0 Å². The zero-order valence-corrected chi connectivity index (χ0v) is 11.9. The van der Waals surface area contributed by atoms with E-state index >= 15 is 0 Å². The molecule has 2 atom stereocenters. The van der Waals surface area contributed by atoms with Crippen molar-refractivity contribution >= 4 is 5.91 Å². The fraction of sp³-hybridized carbons (Fsp3) is 0.533. The normalized spacial score (nSPS) is 13.8. The first-order valence-corrected chi connectivity index (χ1v) is 6.41. The quantitative estimate of drug-likeness (QED) is 0.801. The molecule has 100 valence electrons. The van der Waals surface area contributed by atoms with Gasteiger partial charge in [-0.3, -0.25) is 4.79 Å². The highest BCUT2D eigenvalue weighted by atomic mass is 16.5. The van der Waals surface area contributed by atoms with E-state index in [0.29, 0.717) is 0 Å². The molecule has 0 spiro atoms. The van der Waals surface area contributed by atoms with E-state index in [1.807, 2.05) is 57.0 Å². The second-order valence-electron chi connectivity index (χ2n) is 4.71. The number of rotatable bonds is 5. The van der Waals surface area contributed by atoms with Crippen LogP contribution in [0.25, 0.3) is 0 Å². The molecule has 0 aliphatic heterocycles. The number of carbonyl (C=O) groups is 1. The molecule has 0 aromatic heterocycles. The Balaban J connectivity index is 2.79. The molecule has 0 aliphatic carbocycles. The van der Waals surface area contributed by atoms with Gasteiger partial charge < -0.3 is 9.64 Å². The maximum absolute atomic E-state index is 12.1. The Morgan fingerprint density at radius 3 is 2.28 bits per heavy atom. The van der Waals surface area contributed by atoms with E-state index in [1.54, 1.807) is 7.11 Å². The summed E-state index contributed by atoms with van der Waals surface area (Å²) >= 11 is 0. The molecule has 0 fully saturated rings. The molecule has 1 amide bonds. The Hall–Kier alpha value is -1.51. The minimum atomic E-state index is 0.0794. The van der Waals surface area contributed by atoms with Gasteiger partial charge in [-0.05, 0) is 31.0 Å². The van der Waals surface area contributed by atoms with Gasteiger partial charge in [-0.1, -0.05) is 26.0 Å². The molecular weight excluding hydrogens is 226 g/mol. The summed E-state index contributed by atoms with van der Waals surface area (Å²) in [6, 6.07) is 7.94. The Bertz CT molecular complexity index is 386. The third-order valence-electron chi connectivity index (χ3n) is 3.56. The number of ether oxygens (including phenoxy) is 1. The molecule has 0 saturated carbocycles. The van der Waals surface area contributed by atoms with Gasteiger partial charge in [0.15, 0.2) is 0 Å². The van der Waals surface area contributed by atoms with Crippen molar-refractivity contribution in [1.82, 2.24) is 4.90 Å². The second-order valence-corrected chi connectivity index (χ2v) is 4.71. The molecule has 1 aromatic rings. The van der Waals surface area contributed by atoms with Gasteiger partial charge in [0.2, 0.25) is 5.91 Å². The van der Waals surface area contributed by atoms with E-state index in [2.05, 4.69) is 0 Å². The molecule has 0 saturated heterocycles. The highest BCUT2D eigenvalue weighted by Gasteiger charge is 2.21. The van der Waals surface area contributed by atoms with Crippen LogP contribution in [0.1, 0.15) is 38.8 Å². The number of nitrogens with zero attached hydrogens (tertiary/aromatic N) is 1. The van der Waals surface area contributed by atoms with Gasteiger partial charge in [-0.15, -0.1) is 0 Å². The molecular formula is C15H23NO2. The predicted molar refractivity (Wildman–Crippen MR) is 73.6 cm³/mol. The van der Waals surface area contributed by atoms with Crippen molar-refractivity contribution in [3.8, 4) is 5.75 Å². The van der Waals surface area contributed by atoms with E-state index in [-0.39, 0.29) is 17.9 Å². The number of hydrogen-bond acceptors (Lipinski definition) is 2. The number of benzene rings is 1. The van der Waals surface area contributed by atoms with Gasteiger partial charge in [-0.25, -0.2) is 0 Å². The highest BCUT2D eigenvalue weighted by Crippen LogP contribution is 2.23. The highest BCUT2D eigenvalue weighted by molar-refractivity contribution is 5.78. The Labute approximate surface area is 110 Å². The lowest BCUT2D eigenvalue weighted by atomic mass is 10.0. The molecule has 3 heteroatoms. The zero-order valence-electron chi connectivity index (χ0n) is 11.9. The Morgan fingerprint density at radius 2 is 1.83 bits per heavy atom. The molecule has 2 unspecified atom stereocenters. The standard InChI is InChI=1S/C15H23NO2/c1-6-11(2)15(17)16(4)12(3)13-7-9-14(18-5)10-8-13/h7-12H,6H2,1-5H3. The average Bonchev–Trinajstić information content (AvgIpc) is 2.44. The lowest BCUT2D eigenvalue weighted by Gasteiger charge is -2.27. The van der Waals surface area contributed by atoms with Crippen LogP contribution >= 0.6 is 0 Å². The lowest BCUT2D eigenvalue weighted by Crippen LogP contribution is -2.33. The molecule has 0 aliphatic rings. The monoisotopic (exact) mass is 249 g/mol. The molecule has 1 aromatic carbocycles. The van der Waals surface area contributed by atoms with E-state index in [1.165, 1.54) is 0 Å². The summed E-state index contributed by atoms with van der Waals surface area (Å²) in [5.74, 6) is 1.11. The lowest BCUT2D eigenvalue weighted by molar-refractivity contribution is -0.135. The van der Waals surface area contributed by atoms with Crippen LogP contribution in [-0.4, -0.2) is 25.0 Å². The fourth-order valence-corrected chi connectivity index (χ4v) is 1.82. The summed E-state index contributed by atoms with van der Waals surface area (Å²) in [6.07, 6.45) is 0.874. The van der Waals surface area contributed by atoms with Crippen molar-refractivity contribution in [2.45, 2.75) is 33.2 Å². The van der Waals surface area contributed by atoms with Crippen LogP contribution in [0.5, 0.6) is 5.75 Å². The van der Waals surface area contributed by atoms with Crippen LogP contribution < -0.4 is 4.74 Å². The minimum absolute atomic E-state index is 0.0794. The summed E-state index contributed by atoms with van der Waals surface area (Å²) in [6.45, 7) is 6.05. The van der Waals surface area contributed by atoms with Gasteiger partial charge in [0, 0.05) is 13.0 Å². The maximum atomic E-state index is 12.1. The first-order valence-electron chi connectivity index (χ1n) is 6.41. The minimum Gasteiger partial charge on any atom is -0.497 e.